The third kappa shape index (κ3) is 12.4. The van der Waals surface area contributed by atoms with E-state index in [9.17, 15) is 4.79 Å². The quantitative estimate of drug-likeness (QED) is 0.369. The Kier molecular flexibility index (Phi) is 11.4. The largest absolute Gasteiger partial charge is 0.460 e. The molecule has 0 spiro atoms. The van der Waals surface area contributed by atoms with Crippen molar-refractivity contribution >= 4 is 5.97 Å². The van der Waals surface area contributed by atoms with Crippen molar-refractivity contribution in [1.29, 1.82) is 0 Å². The first-order chi connectivity index (χ1) is 10.3. The number of hydrogen-bond donors (Lipinski definition) is 2. The van der Waals surface area contributed by atoms with Gasteiger partial charge in [0.15, 0.2) is 0 Å². The first kappa shape index (κ1) is 20.6. The van der Waals surface area contributed by atoms with Gasteiger partial charge in [-0.2, -0.15) is 0 Å². The minimum atomic E-state index is -1.01. The van der Waals surface area contributed by atoms with E-state index in [4.69, 9.17) is 14.9 Å². The molecule has 0 aromatic carbocycles. The lowest BCUT2D eigenvalue weighted by Gasteiger charge is -2.07. The predicted octanol–water partition coefficient (Wildman–Crippen LogP) is 3.30. The van der Waals surface area contributed by atoms with Crippen LogP contribution in [-0.2, 0) is 9.53 Å². The van der Waals surface area contributed by atoms with Crippen molar-refractivity contribution in [2.45, 2.75) is 59.5 Å². The van der Waals surface area contributed by atoms with Crippen molar-refractivity contribution in [2.24, 2.45) is 0 Å². The van der Waals surface area contributed by atoms with Gasteiger partial charge in [-0.05, 0) is 53.4 Å². The van der Waals surface area contributed by atoms with Crippen LogP contribution >= 0.6 is 0 Å². The molecule has 0 aliphatic heterocycles. The van der Waals surface area contributed by atoms with Gasteiger partial charge in [-0.25, -0.2) is 4.79 Å². The normalized spacial score (nSPS) is 13.7. The molecule has 0 radical (unpaired) electrons. The van der Waals surface area contributed by atoms with Crippen molar-refractivity contribution in [1.82, 2.24) is 0 Å². The number of carbonyl (C=O) groups excluding carboxylic acids is 1. The van der Waals surface area contributed by atoms with Crippen molar-refractivity contribution in [3.05, 3.63) is 34.9 Å². The zero-order chi connectivity index (χ0) is 17.0. The number of esters is 1. The molecular weight excluding hydrogens is 280 g/mol. The summed E-state index contributed by atoms with van der Waals surface area (Å²) in [5.41, 5.74) is 3.65. The van der Waals surface area contributed by atoms with E-state index in [1.165, 1.54) is 17.2 Å². The van der Waals surface area contributed by atoms with Crippen LogP contribution in [0.15, 0.2) is 34.9 Å². The number of allylic oxidation sites excluding steroid dienone is 5. The zero-order valence-electron chi connectivity index (χ0n) is 14.3. The second-order valence-electron chi connectivity index (χ2n) is 5.87. The summed E-state index contributed by atoms with van der Waals surface area (Å²) in [4.78, 5) is 11.5. The summed E-state index contributed by atoms with van der Waals surface area (Å²) >= 11 is 0. The summed E-state index contributed by atoms with van der Waals surface area (Å²) in [6.45, 7) is 7.63. The van der Waals surface area contributed by atoms with Gasteiger partial charge in [-0.3, -0.25) is 0 Å². The molecule has 0 saturated carbocycles. The lowest BCUT2D eigenvalue weighted by molar-refractivity contribution is -0.141. The molecule has 4 heteroatoms. The molecule has 0 unspecified atom stereocenters. The van der Waals surface area contributed by atoms with Crippen molar-refractivity contribution in [2.75, 3.05) is 13.2 Å². The van der Waals surface area contributed by atoms with E-state index in [-0.39, 0.29) is 6.61 Å². The van der Waals surface area contributed by atoms with E-state index < -0.39 is 18.7 Å². The maximum Gasteiger partial charge on any atom is 0.330 e. The Hall–Kier alpha value is -1.39. The molecular formula is C18H30O4. The maximum atomic E-state index is 11.5. The van der Waals surface area contributed by atoms with E-state index >= 15 is 0 Å². The SMILES string of the molecule is CC(C)=CCC/C(C)=C/CC/C(C)=C/C(=O)OC[C@H](O)CO. The van der Waals surface area contributed by atoms with Crippen LogP contribution in [0.4, 0.5) is 0 Å². The molecule has 0 amide bonds. The highest BCUT2D eigenvalue weighted by Gasteiger charge is 2.05. The maximum absolute atomic E-state index is 11.5. The van der Waals surface area contributed by atoms with Crippen LogP contribution < -0.4 is 0 Å². The number of ether oxygens (including phenoxy) is 1. The average Bonchev–Trinajstić information content (AvgIpc) is 2.44. The van der Waals surface area contributed by atoms with Crippen LogP contribution in [0.1, 0.15) is 53.4 Å². The van der Waals surface area contributed by atoms with Gasteiger partial charge in [0, 0.05) is 6.08 Å². The topological polar surface area (TPSA) is 66.8 Å². The molecule has 0 bridgehead atoms. The van der Waals surface area contributed by atoms with Gasteiger partial charge in [0.05, 0.1) is 6.61 Å². The number of aliphatic hydroxyl groups excluding tert-OH is 2. The fourth-order valence-corrected chi connectivity index (χ4v) is 1.78. The highest BCUT2D eigenvalue weighted by Crippen LogP contribution is 2.11. The number of rotatable bonds is 10. The second kappa shape index (κ2) is 12.2. The summed E-state index contributed by atoms with van der Waals surface area (Å²) < 4.78 is 4.82. The van der Waals surface area contributed by atoms with Crippen LogP contribution in [0.25, 0.3) is 0 Å². The summed E-state index contributed by atoms with van der Waals surface area (Å²) in [7, 11) is 0. The molecule has 0 aromatic rings. The minimum Gasteiger partial charge on any atom is -0.460 e. The molecule has 0 rings (SSSR count). The molecule has 0 saturated heterocycles. The first-order valence-corrected chi connectivity index (χ1v) is 7.77. The van der Waals surface area contributed by atoms with E-state index in [0.29, 0.717) is 0 Å². The monoisotopic (exact) mass is 310 g/mol. The summed E-state index contributed by atoms with van der Waals surface area (Å²) in [6.07, 6.45) is 8.71. The van der Waals surface area contributed by atoms with Gasteiger partial charge in [-0.15, -0.1) is 0 Å². The fraction of sp³-hybridized carbons (Fsp3) is 0.611. The Morgan fingerprint density at radius 1 is 1.05 bits per heavy atom. The van der Waals surface area contributed by atoms with Crippen molar-refractivity contribution in [3.8, 4) is 0 Å². The third-order valence-corrected chi connectivity index (χ3v) is 3.12. The van der Waals surface area contributed by atoms with E-state index in [0.717, 1.165) is 31.3 Å². The third-order valence-electron chi connectivity index (χ3n) is 3.12. The molecule has 0 aromatic heterocycles. The molecule has 0 aliphatic carbocycles. The standard InChI is InChI=1S/C18H30O4/c1-14(2)7-5-8-15(3)9-6-10-16(4)11-18(21)22-13-17(20)12-19/h7,9,11,17,19-20H,5-6,8,10,12-13H2,1-4H3/b15-9+,16-11+/t17-/m1/s1. The molecule has 126 valence electrons. The van der Waals surface area contributed by atoms with Crippen molar-refractivity contribution in [3.63, 3.8) is 0 Å². The Balaban J connectivity index is 4.05. The molecule has 1 atom stereocenters. The Labute approximate surface area is 134 Å². The van der Waals surface area contributed by atoms with E-state index in [2.05, 4.69) is 32.9 Å². The van der Waals surface area contributed by atoms with E-state index in [1.807, 2.05) is 6.92 Å². The lowest BCUT2D eigenvalue weighted by atomic mass is 10.1. The number of aliphatic hydroxyl groups is 2. The summed E-state index contributed by atoms with van der Waals surface area (Å²) in [5, 5.41) is 17.7. The number of hydrogen-bond acceptors (Lipinski definition) is 4. The first-order valence-electron chi connectivity index (χ1n) is 7.77. The van der Waals surface area contributed by atoms with Crippen LogP contribution in [0.2, 0.25) is 0 Å². The van der Waals surface area contributed by atoms with Gasteiger partial charge < -0.3 is 14.9 Å². The van der Waals surface area contributed by atoms with Crippen LogP contribution in [-0.4, -0.2) is 35.5 Å². The van der Waals surface area contributed by atoms with Crippen LogP contribution in [0.5, 0.6) is 0 Å². The molecule has 0 aliphatic rings. The highest BCUT2D eigenvalue weighted by molar-refractivity contribution is 5.82. The molecule has 4 nitrogen and oxygen atoms in total. The summed E-state index contributed by atoms with van der Waals surface area (Å²) in [5.74, 6) is -0.478. The van der Waals surface area contributed by atoms with Gasteiger partial charge >= 0.3 is 5.97 Å². The zero-order valence-corrected chi connectivity index (χ0v) is 14.3. The Morgan fingerprint density at radius 3 is 2.23 bits per heavy atom. The molecule has 0 fully saturated rings. The van der Waals surface area contributed by atoms with Gasteiger partial charge in [0.2, 0.25) is 0 Å². The second-order valence-corrected chi connectivity index (χ2v) is 5.87. The fourth-order valence-electron chi connectivity index (χ4n) is 1.78. The van der Waals surface area contributed by atoms with Crippen molar-refractivity contribution < 1.29 is 19.7 Å². The Morgan fingerprint density at radius 2 is 1.64 bits per heavy atom. The predicted molar refractivity (Wildman–Crippen MR) is 89.5 cm³/mol. The van der Waals surface area contributed by atoms with Crippen LogP contribution in [0.3, 0.4) is 0 Å². The van der Waals surface area contributed by atoms with Crippen LogP contribution in [0, 0.1) is 0 Å². The van der Waals surface area contributed by atoms with Gasteiger partial charge in [0.25, 0.3) is 0 Å². The van der Waals surface area contributed by atoms with E-state index in [1.54, 1.807) is 0 Å². The summed E-state index contributed by atoms with van der Waals surface area (Å²) in [6, 6.07) is 0. The van der Waals surface area contributed by atoms with Gasteiger partial charge in [-0.1, -0.05) is 28.9 Å². The molecule has 2 N–H and O–H groups in total. The van der Waals surface area contributed by atoms with Gasteiger partial charge in [0.1, 0.15) is 12.7 Å². The average molecular weight is 310 g/mol. The molecule has 0 heterocycles. The highest BCUT2D eigenvalue weighted by atomic mass is 16.5. The lowest BCUT2D eigenvalue weighted by Crippen LogP contribution is -2.21. The molecule has 22 heavy (non-hydrogen) atoms. The number of carbonyl (C=O) groups is 1. The minimum absolute atomic E-state index is 0.178. The smallest absolute Gasteiger partial charge is 0.330 e. The Bertz CT molecular complexity index is 415.